The molecule has 0 spiro atoms. The molecule has 0 heterocycles. The minimum atomic E-state index is -0.492. The van der Waals surface area contributed by atoms with E-state index in [9.17, 15) is 9.59 Å². The molecule has 0 saturated heterocycles. The lowest BCUT2D eigenvalue weighted by Crippen LogP contribution is -2.48. The summed E-state index contributed by atoms with van der Waals surface area (Å²) in [5.41, 5.74) is 3.35. The van der Waals surface area contributed by atoms with Crippen molar-refractivity contribution in [2.24, 2.45) is 0 Å². The summed E-state index contributed by atoms with van der Waals surface area (Å²) in [4.78, 5) is 27.0. The molecule has 0 saturated carbocycles. The van der Waals surface area contributed by atoms with Crippen molar-refractivity contribution in [3.63, 3.8) is 0 Å². The third-order valence-electron chi connectivity index (χ3n) is 4.51. The van der Waals surface area contributed by atoms with E-state index in [1.54, 1.807) is 35.8 Å². The van der Waals surface area contributed by atoms with Crippen molar-refractivity contribution in [1.29, 1.82) is 0 Å². The highest BCUT2D eigenvalue weighted by Crippen LogP contribution is 2.18. The van der Waals surface area contributed by atoms with Crippen molar-refractivity contribution in [3.8, 4) is 0 Å². The Kier molecular flexibility index (Phi) is 8.87. The number of carbonyl (C=O) groups excluding carboxylic acids is 2. The van der Waals surface area contributed by atoms with Gasteiger partial charge in [-0.1, -0.05) is 60.5 Å². The molecule has 0 aliphatic carbocycles. The maximum absolute atomic E-state index is 13.0. The molecule has 0 fully saturated rings. The molecule has 0 aliphatic rings. The van der Waals surface area contributed by atoms with E-state index >= 15 is 0 Å². The first kappa shape index (κ1) is 22.3. The minimum absolute atomic E-state index is 0.0393. The summed E-state index contributed by atoms with van der Waals surface area (Å²) >= 11 is 7.53. The molecule has 0 aromatic heterocycles. The fourth-order valence-corrected chi connectivity index (χ4v) is 3.89. The van der Waals surface area contributed by atoms with Crippen LogP contribution in [0.3, 0.4) is 0 Å². The van der Waals surface area contributed by atoms with Gasteiger partial charge in [-0.3, -0.25) is 9.59 Å². The predicted octanol–water partition coefficient (Wildman–Crippen LogP) is 4.44. The average molecular weight is 419 g/mol. The Morgan fingerprint density at radius 3 is 2.25 bits per heavy atom. The number of carbonyl (C=O) groups is 2. The summed E-state index contributed by atoms with van der Waals surface area (Å²) in [5, 5.41) is 3.32. The zero-order valence-electron chi connectivity index (χ0n) is 16.6. The lowest BCUT2D eigenvalue weighted by Gasteiger charge is -2.30. The van der Waals surface area contributed by atoms with Gasteiger partial charge in [0.05, 0.1) is 5.75 Å². The fraction of sp³-hybridized carbons (Fsp3) is 0.364. The standard InChI is InChI=1S/C22H27ClN2O2S/c1-4-20(22(27)24-3)25(13-17-9-11-19(23)12-10-17)21(26)15-28-14-18-7-5-16(2)6-8-18/h5-12,20H,4,13-15H2,1-3H3,(H,24,27)/t20-/m1/s1. The Morgan fingerprint density at radius 2 is 1.68 bits per heavy atom. The van der Waals surface area contributed by atoms with Crippen LogP contribution >= 0.6 is 23.4 Å². The molecule has 1 atom stereocenters. The first-order valence-electron chi connectivity index (χ1n) is 9.33. The van der Waals surface area contributed by atoms with Crippen LogP contribution in [0.4, 0.5) is 0 Å². The molecular weight excluding hydrogens is 392 g/mol. The summed E-state index contributed by atoms with van der Waals surface area (Å²) in [7, 11) is 1.60. The van der Waals surface area contributed by atoms with Gasteiger partial charge in [0.2, 0.25) is 11.8 Å². The van der Waals surface area contributed by atoms with Gasteiger partial charge in [0.15, 0.2) is 0 Å². The predicted molar refractivity (Wildman–Crippen MR) is 117 cm³/mol. The van der Waals surface area contributed by atoms with E-state index in [-0.39, 0.29) is 11.8 Å². The molecule has 2 rings (SSSR count). The molecule has 1 N–H and O–H groups in total. The van der Waals surface area contributed by atoms with Crippen molar-refractivity contribution in [3.05, 3.63) is 70.2 Å². The average Bonchev–Trinajstić information content (AvgIpc) is 2.70. The monoisotopic (exact) mass is 418 g/mol. The van der Waals surface area contributed by atoms with Crippen LogP contribution in [-0.2, 0) is 21.9 Å². The van der Waals surface area contributed by atoms with Crippen LogP contribution in [-0.4, -0.2) is 35.6 Å². The number of aryl methyl sites for hydroxylation is 1. The molecule has 6 heteroatoms. The Balaban J connectivity index is 2.07. The number of benzene rings is 2. The van der Waals surface area contributed by atoms with Crippen LogP contribution < -0.4 is 5.32 Å². The second-order valence-electron chi connectivity index (χ2n) is 6.66. The molecule has 0 bridgehead atoms. The molecule has 2 aromatic rings. The van der Waals surface area contributed by atoms with Crippen LogP contribution in [0.1, 0.15) is 30.0 Å². The minimum Gasteiger partial charge on any atom is -0.357 e. The molecule has 2 aromatic carbocycles. The van der Waals surface area contributed by atoms with Gasteiger partial charge < -0.3 is 10.2 Å². The maximum Gasteiger partial charge on any atom is 0.242 e. The highest BCUT2D eigenvalue weighted by Gasteiger charge is 2.27. The third-order valence-corrected chi connectivity index (χ3v) is 5.75. The van der Waals surface area contributed by atoms with Gasteiger partial charge in [0.25, 0.3) is 0 Å². The molecule has 28 heavy (non-hydrogen) atoms. The Labute approximate surface area is 176 Å². The van der Waals surface area contributed by atoms with Crippen molar-refractivity contribution in [2.75, 3.05) is 12.8 Å². The van der Waals surface area contributed by atoms with Gasteiger partial charge in [-0.25, -0.2) is 0 Å². The van der Waals surface area contributed by atoms with Gasteiger partial charge >= 0.3 is 0 Å². The molecular formula is C22H27ClN2O2S. The number of nitrogens with zero attached hydrogens (tertiary/aromatic N) is 1. The first-order chi connectivity index (χ1) is 13.4. The smallest absolute Gasteiger partial charge is 0.242 e. The van der Waals surface area contributed by atoms with E-state index in [1.165, 1.54) is 11.1 Å². The van der Waals surface area contributed by atoms with E-state index in [0.717, 1.165) is 11.3 Å². The molecule has 2 amide bonds. The van der Waals surface area contributed by atoms with E-state index < -0.39 is 6.04 Å². The van der Waals surface area contributed by atoms with Gasteiger partial charge in [0, 0.05) is 24.4 Å². The maximum atomic E-state index is 13.0. The van der Waals surface area contributed by atoms with Gasteiger partial charge in [0.1, 0.15) is 6.04 Å². The number of hydrogen-bond acceptors (Lipinski definition) is 3. The van der Waals surface area contributed by atoms with Crippen LogP contribution in [0.25, 0.3) is 0 Å². The lowest BCUT2D eigenvalue weighted by molar-refractivity contribution is -0.139. The molecule has 0 aliphatic heterocycles. The van der Waals surface area contributed by atoms with Gasteiger partial charge in [-0.2, -0.15) is 0 Å². The summed E-state index contributed by atoms with van der Waals surface area (Å²) in [6, 6.07) is 15.2. The molecule has 0 unspecified atom stereocenters. The van der Waals surface area contributed by atoms with E-state index in [2.05, 4.69) is 36.5 Å². The van der Waals surface area contributed by atoms with Crippen molar-refractivity contribution < 1.29 is 9.59 Å². The van der Waals surface area contributed by atoms with E-state index in [4.69, 9.17) is 11.6 Å². The highest BCUT2D eigenvalue weighted by molar-refractivity contribution is 7.99. The Morgan fingerprint density at radius 1 is 1.07 bits per heavy atom. The molecule has 4 nitrogen and oxygen atoms in total. The fourth-order valence-electron chi connectivity index (χ4n) is 2.90. The summed E-state index contributed by atoms with van der Waals surface area (Å²) < 4.78 is 0. The lowest BCUT2D eigenvalue weighted by atomic mass is 10.1. The number of likely N-dealkylation sites (N-methyl/N-ethyl adjacent to an activating group) is 1. The SMILES string of the molecule is CC[C@H](C(=O)NC)N(Cc1ccc(Cl)cc1)C(=O)CSCc1ccc(C)cc1. The molecule has 0 radical (unpaired) electrons. The zero-order valence-corrected chi connectivity index (χ0v) is 18.1. The van der Waals surface area contributed by atoms with Gasteiger partial charge in [-0.15, -0.1) is 11.8 Å². The van der Waals surface area contributed by atoms with Crippen molar-refractivity contribution in [1.82, 2.24) is 10.2 Å². The number of amides is 2. The largest absolute Gasteiger partial charge is 0.357 e. The Hall–Kier alpha value is -1.98. The molecule has 150 valence electrons. The summed E-state index contributed by atoms with van der Waals surface area (Å²) in [6.45, 7) is 4.35. The van der Waals surface area contributed by atoms with Crippen LogP contribution in [0.5, 0.6) is 0 Å². The zero-order chi connectivity index (χ0) is 20.5. The highest BCUT2D eigenvalue weighted by atomic mass is 35.5. The van der Waals surface area contributed by atoms with Crippen LogP contribution in [0.15, 0.2) is 48.5 Å². The van der Waals surface area contributed by atoms with Gasteiger partial charge in [-0.05, 0) is 36.6 Å². The Bertz CT molecular complexity index is 778. The van der Waals surface area contributed by atoms with Crippen molar-refractivity contribution in [2.45, 2.75) is 38.6 Å². The first-order valence-corrected chi connectivity index (χ1v) is 10.9. The topological polar surface area (TPSA) is 49.4 Å². The van der Waals surface area contributed by atoms with E-state index in [1.807, 2.05) is 19.1 Å². The summed E-state index contributed by atoms with van der Waals surface area (Å²) in [6.07, 6.45) is 0.557. The summed E-state index contributed by atoms with van der Waals surface area (Å²) in [5.74, 6) is 0.905. The third kappa shape index (κ3) is 6.57. The number of rotatable bonds is 9. The quantitative estimate of drug-likeness (QED) is 0.655. The van der Waals surface area contributed by atoms with E-state index in [0.29, 0.717) is 23.7 Å². The second-order valence-corrected chi connectivity index (χ2v) is 8.09. The van der Waals surface area contributed by atoms with Crippen molar-refractivity contribution >= 4 is 35.2 Å². The normalized spacial score (nSPS) is 11.7. The number of halogens is 1. The number of hydrogen-bond donors (Lipinski definition) is 1. The second kappa shape index (κ2) is 11.1. The van der Waals surface area contributed by atoms with Crippen LogP contribution in [0, 0.1) is 6.92 Å². The van der Waals surface area contributed by atoms with Crippen LogP contribution in [0.2, 0.25) is 5.02 Å². The number of thioether (sulfide) groups is 1. The number of nitrogens with one attached hydrogen (secondary N) is 1.